The number of hydrogen-bond donors (Lipinski definition) is 4. The summed E-state index contributed by atoms with van der Waals surface area (Å²) in [5.41, 5.74) is 5.25. The van der Waals surface area contributed by atoms with Gasteiger partial charge in [0.1, 0.15) is 5.75 Å². The normalized spacial score (nSPS) is 12.9. The highest BCUT2D eigenvalue weighted by molar-refractivity contribution is 5.28. The number of alkyl halides is 1. The van der Waals surface area contributed by atoms with Crippen molar-refractivity contribution in [2.24, 2.45) is 5.73 Å². The van der Waals surface area contributed by atoms with Crippen molar-refractivity contribution in [3.63, 3.8) is 0 Å². The first-order valence-corrected chi connectivity index (χ1v) is 10.5. The Balaban J connectivity index is 2.14. The molecule has 1 unspecified atom stereocenters. The molecule has 0 radical (unpaired) electrons. The van der Waals surface area contributed by atoms with Gasteiger partial charge < -0.3 is 25.8 Å². The Morgan fingerprint density at radius 3 is 1.86 bits per heavy atom. The van der Waals surface area contributed by atoms with Gasteiger partial charge in [0.2, 0.25) is 0 Å². The predicted molar refractivity (Wildman–Crippen MR) is 110 cm³/mol. The Hall–Kier alpha value is -1.21. The highest BCUT2D eigenvalue weighted by atomic mass is 19.1. The third-order valence-corrected chi connectivity index (χ3v) is 5.15. The summed E-state index contributed by atoms with van der Waals surface area (Å²) in [7, 11) is 0. The van der Waals surface area contributed by atoms with Gasteiger partial charge in [0, 0.05) is 6.42 Å². The molecule has 0 aliphatic carbocycles. The van der Waals surface area contributed by atoms with E-state index in [1.165, 1.54) is 25.7 Å². The molecule has 1 aromatic carbocycles. The molecule has 6 heteroatoms. The largest absolute Gasteiger partial charge is 0.494 e. The fourth-order valence-corrected chi connectivity index (χ4v) is 3.03. The van der Waals surface area contributed by atoms with E-state index < -0.39 is 24.9 Å². The van der Waals surface area contributed by atoms with Crippen LogP contribution in [0.25, 0.3) is 0 Å². The molecule has 0 aliphatic rings. The SMILES string of the molecule is NC(CO)(CO)C(O)Cc1ccc(OCCCCCCCCCCCF)cc1. The van der Waals surface area contributed by atoms with E-state index in [2.05, 4.69) is 0 Å². The first kappa shape index (κ1) is 24.8. The van der Waals surface area contributed by atoms with Gasteiger partial charge in [-0.15, -0.1) is 0 Å². The molecular formula is C22H38FNO4. The van der Waals surface area contributed by atoms with Crippen LogP contribution in [0.15, 0.2) is 24.3 Å². The summed E-state index contributed by atoms with van der Waals surface area (Å²) in [6.45, 7) is -0.470. The van der Waals surface area contributed by atoms with E-state index in [1.807, 2.05) is 24.3 Å². The zero-order valence-electron chi connectivity index (χ0n) is 17.0. The highest BCUT2D eigenvalue weighted by Gasteiger charge is 2.32. The number of unbranched alkanes of at least 4 members (excludes halogenated alkanes) is 8. The Kier molecular flexibility index (Phi) is 13.1. The molecule has 0 spiro atoms. The minimum atomic E-state index is -1.40. The number of rotatable bonds is 17. The van der Waals surface area contributed by atoms with Gasteiger partial charge in [-0.3, -0.25) is 4.39 Å². The number of benzene rings is 1. The Morgan fingerprint density at radius 2 is 1.36 bits per heavy atom. The van der Waals surface area contributed by atoms with Gasteiger partial charge >= 0.3 is 0 Å². The van der Waals surface area contributed by atoms with Crippen LogP contribution in [0.1, 0.15) is 63.4 Å². The molecule has 0 saturated heterocycles. The van der Waals surface area contributed by atoms with Crippen molar-refractivity contribution in [3.8, 4) is 5.75 Å². The van der Waals surface area contributed by atoms with Crippen LogP contribution < -0.4 is 10.5 Å². The predicted octanol–water partition coefficient (Wildman–Crippen LogP) is 3.13. The molecule has 0 saturated carbocycles. The molecular weight excluding hydrogens is 361 g/mol. The smallest absolute Gasteiger partial charge is 0.119 e. The lowest BCUT2D eigenvalue weighted by atomic mass is 9.90. The van der Waals surface area contributed by atoms with Gasteiger partial charge in [0.15, 0.2) is 0 Å². The molecule has 0 fully saturated rings. The molecule has 162 valence electrons. The van der Waals surface area contributed by atoms with E-state index in [1.54, 1.807) is 0 Å². The maximum atomic E-state index is 12.0. The Labute approximate surface area is 168 Å². The van der Waals surface area contributed by atoms with Crippen molar-refractivity contribution in [1.82, 2.24) is 0 Å². The van der Waals surface area contributed by atoms with Crippen molar-refractivity contribution in [3.05, 3.63) is 29.8 Å². The average molecular weight is 400 g/mol. The van der Waals surface area contributed by atoms with E-state index >= 15 is 0 Å². The zero-order valence-corrected chi connectivity index (χ0v) is 17.0. The quantitative estimate of drug-likeness (QED) is 0.302. The number of hydrogen-bond acceptors (Lipinski definition) is 5. The van der Waals surface area contributed by atoms with Gasteiger partial charge in [0.05, 0.1) is 38.1 Å². The van der Waals surface area contributed by atoms with E-state index in [9.17, 15) is 19.7 Å². The van der Waals surface area contributed by atoms with E-state index in [0.717, 1.165) is 37.0 Å². The van der Waals surface area contributed by atoms with Gasteiger partial charge in [-0.1, -0.05) is 57.1 Å². The molecule has 0 amide bonds. The van der Waals surface area contributed by atoms with E-state index in [-0.39, 0.29) is 13.1 Å². The summed E-state index contributed by atoms with van der Waals surface area (Å²) in [5.74, 6) is 0.787. The van der Waals surface area contributed by atoms with E-state index in [0.29, 0.717) is 13.0 Å². The topological polar surface area (TPSA) is 95.9 Å². The molecule has 1 aromatic rings. The van der Waals surface area contributed by atoms with Gasteiger partial charge in [0.25, 0.3) is 0 Å². The number of ether oxygens (including phenoxy) is 1. The van der Waals surface area contributed by atoms with Crippen molar-refractivity contribution >= 4 is 0 Å². The fourth-order valence-electron chi connectivity index (χ4n) is 3.03. The van der Waals surface area contributed by atoms with Gasteiger partial charge in [-0.05, 0) is 30.5 Å². The van der Waals surface area contributed by atoms with Crippen LogP contribution >= 0.6 is 0 Å². The zero-order chi connectivity index (χ0) is 20.7. The second kappa shape index (κ2) is 14.7. The molecule has 5 nitrogen and oxygen atoms in total. The minimum Gasteiger partial charge on any atom is -0.494 e. The minimum absolute atomic E-state index is 0.188. The fraction of sp³-hybridized carbons (Fsp3) is 0.727. The molecule has 0 aliphatic heterocycles. The number of aliphatic hydroxyl groups is 3. The van der Waals surface area contributed by atoms with Crippen LogP contribution in [-0.2, 0) is 6.42 Å². The van der Waals surface area contributed by atoms with Crippen LogP contribution in [0.4, 0.5) is 4.39 Å². The van der Waals surface area contributed by atoms with Crippen LogP contribution in [0.3, 0.4) is 0 Å². The van der Waals surface area contributed by atoms with Crippen LogP contribution in [0, 0.1) is 0 Å². The first-order valence-electron chi connectivity index (χ1n) is 10.5. The summed E-state index contributed by atoms with van der Waals surface area (Å²) in [6.07, 6.45) is 9.14. The number of nitrogens with two attached hydrogens (primary N) is 1. The van der Waals surface area contributed by atoms with E-state index in [4.69, 9.17) is 10.5 Å². The highest BCUT2D eigenvalue weighted by Crippen LogP contribution is 2.17. The second-order valence-corrected chi connectivity index (χ2v) is 7.63. The standard InChI is InChI=1S/C22H38FNO4/c23-14-8-6-4-2-1-3-5-7-9-15-28-20-12-10-19(11-13-20)16-21(27)22(24,17-25)18-26/h10-13,21,25-27H,1-9,14-18,24H2. The van der Waals surface area contributed by atoms with Crippen molar-refractivity contribution < 1.29 is 24.4 Å². The van der Waals surface area contributed by atoms with Gasteiger partial charge in [-0.25, -0.2) is 0 Å². The molecule has 1 atom stereocenters. The lowest BCUT2D eigenvalue weighted by Gasteiger charge is -2.30. The van der Waals surface area contributed by atoms with Crippen molar-refractivity contribution in [2.45, 2.75) is 75.9 Å². The summed E-state index contributed by atoms with van der Waals surface area (Å²) in [6, 6.07) is 7.43. The third kappa shape index (κ3) is 9.82. The molecule has 28 heavy (non-hydrogen) atoms. The summed E-state index contributed by atoms with van der Waals surface area (Å²) >= 11 is 0. The molecule has 5 N–H and O–H groups in total. The molecule has 0 aromatic heterocycles. The first-order chi connectivity index (χ1) is 13.6. The average Bonchev–Trinajstić information content (AvgIpc) is 2.72. The summed E-state index contributed by atoms with van der Waals surface area (Å²) in [4.78, 5) is 0. The summed E-state index contributed by atoms with van der Waals surface area (Å²) < 4.78 is 17.7. The van der Waals surface area contributed by atoms with Gasteiger partial charge in [-0.2, -0.15) is 0 Å². The lowest BCUT2D eigenvalue weighted by molar-refractivity contribution is 0.00831. The maximum absolute atomic E-state index is 12.0. The summed E-state index contributed by atoms with van der Waals surface area (Å²) in [5, 5.41) is 28.6. The second-order valence-electron chi connectivity index (χ2n) is 7.63. The maximum Gasteiger partial charge on any atom is 0.119 e. The molecule has 1 rings (SSSR count). The number of aliphatic hydroxyl groups excluding tert-OH is 3. The lowest BCUT2D eigenvalue weighted by Crippen LogP contribution is -2.57. The third-order valence-electron chi connectivity index (χ3n) is 5.15. The molecule has 0 heterocycles. The van der Waals surface area contributed by atoms with Crippen LogP contribution in [-0.4, -0.2) is 53.5 Å². The van der Waals surface area contributed by atoms with Crippen molar-refractivity contribution in [1.29, 1.82) is 0 Å². The van der Waals surface area contributed by atoms with Crippen molar-refractivity contribution in [2.75, 3.05) is 26.5 Å². The Bertz CT molecular complexity index is 494. The number of halogens is 1. The molecule has 0 bridgehead atoms. The Morgan fingerprint density at radius 1 is 0.857 bits per heavy atom. The van der Waals surface area contributed by atoms with Crippen LogP contribution in [0.2, 0.25) is 0 Å². The van der Waals surface area contributed by atoms with Crippen LogP contribution in [0.5, 0.6) is 5.75 Å². The monoisotopic (exact) mass is 399 g/mol.